The van der Waals surface area contributed by atoms with E-state index in [2.05, 4.69) is 4.90 Å². The second-order valence-corrected chi connectivity index (χ2v) is 4.38. The molecule has 0 amide bonds. The largest absolute Gasteiger partial charge is 0.481 e. The molecule has 4 nitrogen and oxygen atoms in total. The van der Waals surface area contributed by atoms with Crippen LogP contribution in [0.1, 0.15) is 26.2 Å². The third-order valence-electron chi connectivity index (χ3n) is 3.03. The average molecular weight is 215 g/mol. The summed E-state index contributed by atoms with van der Waals surface area (Å²) in [6, 6.07) is 0.481. The minimum atomic E-state index is -0.716. The number of aliphatic carboxylic acids is 1. The Morgan fingerprint density at radius 3 is 2.93 bits per heavy atom. The fourth-order valence-electron chi connectivity index (χ4n) is 1.99. The van der Waals surface area contributed by atoms with Crippen LogP contribution in [0.2, 0.25) is 0 Å². The molecule has 1 heterocycles. The highest BCUT2D eigenvalue weighted by Gasteiger charge is 2.21. The molecule has 0 spiro atoms. The number of carboxylic acid groups (broad SMARTS) is 1. The summed E-state index contributed by atoms with van der Waals surface area (Å²) in [5.41, 5.74) is 0. The van der Waals surface area contributed by atoms with E-state index in [0.29, 0.717) is 12.6 Å². The number of ether oxygens (including phenoxy) is 1. The summed E-state index contributed by atoms with van der Waals surface area (Å²) in [7, 11) is 2.01. The topological polar surface area (TPSA) is 49.8 Å². The van der Waals surface area contributed by atoms with Crippen LogP contribution in [0.5, 0.6) is 0 Å². The zero-order chi connectivity index (χ0) is 11.3. The van der Waals surface area contributed by atoms with Gasteiger partial charge in [-0.25, -0.2) is 0 Å². The predicted octanol–water partition coefficient (Wildman–Crippen LogP) is 1.21. The maximum Gasteiger partial charge on any atom is 0.307 e. The third-order valence-corrected chi connectivity index (χ3v) is 3.03. The zero-order valence-corrected chi connectivity index (χ0v) is 9.61. The van der Waals surface area contributed by atoms with Crippen LogP contribution in [0.3, 0.4) is 0 Å². The van der Waals surface area contributed by atoms with E-state index in [9.17, 15) is 4.79 Å². The Morgan fingerprint density at radius 2 is 2.27 bits per heavy atom. The molecule has 1 aliphatic rings. The Morgan fingerprint density at radius 1 is 1.53 bits per heavy atom. The van der Waals surface area contributed by atoms with Crippen molar-refractivity contribution in [1.29, 1.82) is 0 Å². The molecule has 4 heteroatoms. The number of hydrogen-bond acceptors (Lipinski definition) is 3. The van der Waals surface area contributed by atoms with Crippen LogP contribution >= 0.6 is 0 Å². The molecule has 1 saturated heterocycles. The van der Waals surface area contributed by atoms with Crippen LogP contribution in [0.25, 0.3) is 0 Å². The highest BCUT2D eigenvalue weighted by molar-refractivity contribution is 5.69. The van der Waals surface area contributed by atoms with Crippen molar-refractivity contribution in [2.24, 2.45) is 5.92 Å². The van der Waals surface area contributed by atoms with Gasteiger partial charge in [-0.15, -0.1) is 0 Å². The van der Waals surface area contributed by atoms with Crippen LogP contribution in [0.4, 0.5) is 0 Å². The molecule has 0 aromatic heterocycles. The van der Waals surface area contributed by atoms with Crippen molar-refractivity contribution in [2.75, 3.05) is 26.8 Å². The van der Waals surface area contributed by atoms with E-state index in [1.165, 1.54) is 0 Å². The van der Waals surface area contributed by atoms with Gasteiger partial charge in [0.25, 0.3) is 0 Å². The summed E-state index contributed by atoms with van der Waals surface area (Å²) in [6.07, 6.45) is 3.21. The Bertz CT molecular complexity index is 200. The minimum absolute atomic E-state index is 0.292. The monoisotopic (exact) mass is 215 g/mol. The number of nitrogens with zero attached hydrogens (tertiary/aromatic N) is 1. The Balaban J connectivity index is 2.37. The minimum Gasteiger partial charge on any atom is -0.481 e. The van der Waals surface area contributed by atoms with Gasteiger partial charge in [0, 0.05) is 25.8 Å². The second kappa shape index (κ2) is 6.08. The summed E-state index contributed by atoms with van der Waals surface area (Å²) < 4.78 is 5.38. The van der Waals surface area contributed by atoms with Crippen molar-refractivity contribution in [3.8, 4) is 0 Å². The summed E-state index contributed by atoms with van der Waals surface area (Å²) >= 11 is 0. The first kappa shape index (κ1) is 12.5. The van der Waals surface area contributed by atoms with Gasteiger partial charge in [0.15, 0.2) is 0 Å². The molecule has 15 heavy (non-hydrogen) atoms. The molecule has 1 fully saturated rings. The van der Waals surface area contributed by atoms with Gasteiger partial charge in [0.2, 0.25) is 0 Å². The lowest BCUT2D eigenvalue weighted by Crippen LogP contribution is -2.37. The van der Waals surface area contributed by atoms with Gasteiger partial charge in [-0.2, -0.15) is 0 Å². The van der Waals surface area contributed by atoms with Crippen LogP contribution in [0.15, 0.2) is 0 Å². The summed E-state index contributed by atoms with van der Waals surface area (Å²) in [4.78, 5) is 12.9. The molecule has 1 rings (SSSR count). The Hall–Kier alpha value is -0.610. The molecule has 1 aliphatic heterocycles. The quantitative estimate of drug-likeness (QED) is 0.765. The lowest BCUT2D eigenvalue weighted by atomic mass is 10.1. The van der Waals surface area contributed by atoms with Crippen molar-refractivity contribution in [3.05, 3.63) is 0 Å². The normalized spacial score (nSPS) is 24.9. The van der Waals surface area contributed by atoms with Gasteiger partial charge in [0.05, 0.1) is 5.92 Å². The summed E-state index contributed by atoms with van der Waals surface area (Å²) in [5.74, 6) is -1.01. The predicted molar refractivity (Wildman–Crippen MR) is 57.9 cm³/mol. The first-order valence-electron chi connectivity index (χ1n) is 5.62. The van der Waals surface area contributed by atoms with E-state index >= 15 is 0 Å². The molecule has 2 unspecified atom stereocenters. The second-order valence-electron chi connectivity index (χ2n) is 4.38. The maximum atomic E-state index is 10.7. The van der Waals surface area contributed by atoms with Crippen molar-refractivity contribution in [2.45, 2.75) is 32.2 Å². The molecule has 0 aromatic carbocycles. The number of carbonyl (C=O) groups is 1. The van der Waals surface area contributed by atoms with E-state index in [0.717, 1.165) is 32.5 Å². The van der Waals surface area contributed by atoms with E-state index in [-0.39, 0.29) is 5.92 Å². The first-order valence-corrected chi connectivity index (χ1v) is 5.62. The van der Waals surface area contributed by atoms with Crippen molar-refractivity contribution in [1.82, 2.24) is 4.90 Å². The van der Waals surface area contributed by atoms with Gasteiger partial charge >= 0.3 is 5.97 Å². The van der Waals surface area contributed by atoms with Gasteiger partial charge in [-0.3, -0.25) is 4.79 Å². The molecule has 0 aromatic rings. The molecule has 0 aliphatic carbocycles. The van der Waals surface area contributed by atoms with Gasteiger partial charge in [-0.1, -0.05) is 6.92 Å². The SMILES string of the molecule is CC(CN(C)C1CCCOCC1)C(=O)O. The standard InChI is InChI=1S/C11H21NO3/c1-9(11(13)14)8-12(2)10-4-3-6-15-7-5-10/h9-10H,3-8H2,1-2H3,(H,13,14). The number of rotatable bonds is 4. The number of carboxylic acids is 1. The van der Waals surface area contributed by atoms with Crippen molar-refractivity contribution < 1.29 is 14.6 Å². The Kier molecular flexibility index (Phi) is 5.05. The molecule has 0 bridgehead atoms. The zero-order valence-electron chi connectivity index (χ0n) is 9.61. The summed E-state index contributed by atoms with van der Waals surface area (Å²) in [5, 5.41) is 8.83. The smallest absolute Gasteiger partial charge is 0.307 e. The molecular formula is C11H21NO3. The van der Waals surface area contributed by atoms with Crippen LogP contribution < -0.4 is 0 Å². The highest BCUT2D eigenvalue weighted by atomic mass is 16.5. The van der Waals surface area contributed by atoms with E-state index < -0.39 is 5.97 Å². The van der Waals surface area contributed by atoms with Crippen molar-refractivity contribution in [3.63, 3.8) is 0 Å². The van der Waals surface area contributed by atoms with Crippen molar-refractivity contribution >= 4 is 5.97 Å². The van der Waals surface area contributed by atoms with Gasteiger partial charge in [0.1, 0.15) is 0 Å². The van der Waals surface area contributed by atoms with Crippen LogP contribution in [-0.4, -0.2) is 48.8 Å². The molecule has 2 atom stereocenters. The van der Waals surface area contributed by atoms with E-state index in [1.807, 2.05) is 7.05 Å². The summed E-state index contributed by atoms with van der Waals surface area (Å²) in [6.45, 7) is 4.03. The molecular weight excluding hydrogens is 194 g/mol. The van der Waals surface area contributed by atoms with Crippen LogP contribution in [0, 0.1) is 5.92 Å². The molecule has 0 radical (unpaired) electrons. The van der Waals surface area contributed by atoms with Gasteiger partial charge < -0.3 is 14.7 Å². The van der Waals surface area contributed by atoms with Gasteiger partial charge in [-0.05, 0) is 26.3 Å². The third kappa shape index (κ3) is 4.18. The fraction of sp³-hybridized carbons (Fsp3) is 0.909. The van der Waals surface area contributed by atoms with E-state index in [4.69, 9.17) is 9.84 Å². The Labute approximate surface area is 91.2 Å². The molecule has 0 saturated carbocycles. The first-order chi connectivity index (χ1) is 7.11. The van der Waals surface area contributed by atoms with Crippen LogP contribution in [-0.2, 0) is 9.53 Å². The molecule has 88 valence electrons. The maximum absolute atomic E-state index is 10.7. The lowest BCUT2D eigenvalue weighted by Gasteiger charge is -2.27. The number of hydrogen-bond donors (Lipinski definition) is 1. The fourth-order valence-corrected chi connectivity index (χ4v) is 1.99. The average Bonchev–Trinajstić information content (AvgIpc) is 2.45. The van der Waals surface area contributed by atoms with E-state index in [1.54, 1.807) is 6.92 Å². The molecule has 1 N–H and O–H groups in total. The highest BCUT2D eigenvalue weighted by Crippen LogP contribution is 2.15. The lowest BCUT2D eigenvalue weighted by molar-refractivity contribution is -0.141.